The summed E-state index contributed by atoms with van der Waals surface area (Å²) < 4.78 is 0. The Hall–Kier alpha value is -0.440. The predicted molar refractivity (Wildman–Crippen MR) is 56.1 cm³/mol. The number of aliphatic carboxylic acids is 1. The minimum atomic E-state index is -0.756. The zero-order chi connectivity index (χ0) is 9.68. The van der Waals surface area contributed by atoms with Gasteiger partial charge in [0.25, 0.3) is 0 Å². The first-order valence-corrected chi connectivity index (χ1v) is 5.80. The Balaban J connectivity index is 2.22. The zero-order valence-electron chi connectivity index (χ0n) is 7.79. The van der Waals surface area contributed by atoms with E-state index < -0.39 is 5.97 Å². The van der Waals surface area contributed by atoms with Crippen LogP contribution in [0.4, 0.5) is 0 Å². The van der Waals surface area contributed by atoms with Crippen molar-refractivity contribution in [1.29, 1.82) is 0 Å². The molecule has 1 aliphatic heterocycles. The minimum Gasteiger partial charge on any atom is -0.481 e. The quantitative estimate of drug-likeness (QED) is 0.709. The molecule has 1 fully saturated rings. The predicted octanol–water partition coefficient (Wildman–Crippen LogP) is 2.55. The van der Waals surface area contributed by atoms with Crippen LogP contribution in [0.25, 0.3) is 0 Å². The van der Waals surface area contributed by atoms with Crippen molar-refractivity contribution >= 4 is 17.7 Å². The van der Waals surface area contributed by atoms with E-state index in [0.29, 0.717) is 5.92 Å². The van der Waals surface area contributed by atoms with Crippen LogP contribution in [-0.2, 0) is 4.79 Å². The number of hydrogen-bond donors (Lipinski definition) is 1. The highest BCUT2D eigenvalue weighted by molar-refractivity contribution is 7.99. The Bertz CT molecular complexity index is 195. The molecule has 1 heterocycles. The molecule has 0 spiro atoms. The molecule has 0 bridgehead atoms. The fraction of sp³-hybridized carbons (Fsp3) is 0.700. The molecule has 74 valence electrons. The van der Waals surface area contributed by atoms with Gasteiger partial charge in [0.2, 0.25) is 0 Å². The van der Waals surface area contributed by atoms with E-state index in [1.54, 1.807) is 0 Å². The minimum absolute atomic E-state index is 0.140. The van der Waals surface area contributed by atoms with E-state index in [1.807, 2.05) is 11.8 Å². The number of hydrogen-bond acceptors (Lipinski definition) is 2. The summed E-state index contributed by atoms with van der Waals surface area (Å²) in [6, 6.07) is 0. The van der Waals surface area contributed by atoms with Crippen molar-refractivity contribution in [3.05, 3.63) is 12.2 Å². The molecule has 1 unspecified atom stereocenters. The molecule has 0 aliphatic carbocycles. The maximum atomic E-state index is 10.4. The second kappa shape index (κ2) is 5.32. The Morgan fingerprint density at radius 2 is 2.38 bits per heavy atom. The standard InChI is InChI=1S/C10H16O2S/c1-8(6-10(11)12)5-9-3-2-4-13-7-9/h9H,1-7H2,(H,11,12). The van der Waals surface area contributed by atoms with Crippen LogP contribution in [0.2, 0.25) is 0 Å². The summed E-state index contributed by atoms with van der Waals surface area (Å²) in [6.45, 7) is 3.80. The van der Waals surface area contributed by atoms with Crippen molar-refractivity contribution in [3.63, 3.8) is 0 Å². The van der Waals surface area contributed by atoms with Crippen LogP contribution in [-0.4, -0.2) is 22.6 Å². The van der Waals surface area contributed by atoms with Gasteiger partial charge in [-0.3, -0.25) is 4.79 Å². The molecular formula is C10H16O2S. The van der Waals surface area contributed by atoms with Crippen molar-refractivity contribution in [2.45, 2.75) is 25.7 Å². The van der Waals surface area contributed by atoms with Gasteiger partial charge >= 0.3 is 5.97 Å². The lowest BCUT2D eigenvalue weighted by molar-refractivity contribution is -0.136. The molecule has 1 atom stereocenters. The second-order valence-electron chi connectivity index (χ2n) is 3.61. The van der Waals surface area contributed by atoms with E-state index in [2.05, 4.69) is 6.58 Å². The summed E-state index contributed by atoms with van der Waals surface area (Å²) in [5, 5.41) is 8.55. The highest BCUT2D eigenvalue weighted by atomic mass is 32.2. The van der Waals surface area contributed by atoms with Gasteiger partial charge in [0, 0.05) is 0 Å². The average Bonchev–Trinajstić information content (AvgIpc) is 2.04. The number of carboxylic acid groups (broad SMARTS) is 1. The van der Waals surface area contributed by atoms with Gasteiger partial charge in [-0.05, 0) is 36.7 Å². The molecule has 0 radical (unpaired) electrons. The van der Waals surface area contributed by atoms with Gasteiger partial charge in [-0.1, -0.05) is 12.2 Å². The molecule has 0 aromatic heterocycles. The molecule has 13 heavy (non-hydrogen) atoms. The number of rotatable bonds is 4. The van der Waals surface area contributed by atoms with Gasteiger partial charge in [0.05, 0.1) is 6.42 Å². The van der Waals surface area contributed by atoms with Gasteiger partial charge in [0.15, 0.2) is 0 Å². The van der Waals surface area contributed by atoms with Gasteiger partial charge in [-0.15, -0.1) is 0 Å². The van der Waals surface area contributed by atoms with E-state index in [9.17, 15) is 4.79 Å². The molecule has 3 heteroatoms. The third kappa shape index (κ3) is 4.36. The van der Waals surface area contributed by atoms with Crippen molar-refractivity contribution in [2.75, 3.05) is 11.5 Å². The van der Waals surface area contributed by atoms with E-state index in [4.69, 9.17) is 5.11 Å². The summed E-state index contributed by atoms with van der Waals surface area (Å²) in [4.78, 5) is 10.4. The molecule has 1 saturated heterocycles. The lowest BCUT2D eigenvalue weighted by Crippen LogP contribution is -2.12. The third-order valence-electron chi connectivity index (χ3n) is 2.23. The summed E-state index contributed by atoms with van der Waals surface area (Å²) in [5.74, 6) is 2.36. The van der Waals surface area contributed by atoms with E-state index in [1.165, 1.54) is 24.3 Å². The number of carboxylic acids is 1. The molecule has 0 aromatic carbocycles. The maximum absolute atomic E-state index is 10.4. The van der Waals surface area contributed by atoms with E-state index in [-0.39, 0.29) is 6.42 Å². The maximum Gasteiger partial charge on any atom is 0.307 e. The Morgan fingerprint density at radius 1 is 1.62 bits per heavy atom. The summed E-state index contributed by atoms with van der Waals surface area (Å²) in [6.07, 6.45) is 3.56. The first-order valence-electron chi connectivity index (χ1n) is 4.64. The van der Waals surface area contributed by atoms with Crippen LogP contribution < -0.4 is 0 Å². The van der Waals surface area contributed by atoms with Crippen molar-refractivity contribution in [1.82, 2.24) is 0 Å². The largest absolute Gasteiger partial charge is 0.481 e. The Morgan fingerprint density at radius 3 is 2.92 bits per heavy atom. The van der Waals surface area contributed by atoms with Crippen LogP contribution in [0.5, 0.6) is 0 Å². The molecule has 0 saturated carbocycles. The first-order chi connectivity index (χ1) is 6.18. The first kappa shape index (κ1) is 10.6. The summed E-state index contributed by atoms with van der Waals surface area (Å²) >= 11 is 1.98. The summed E-state index contributed by atoms with van der Waals surface area (Å²) in [7, 11) is 0. The number of thioether (sulfide) groups is 1. The van der Waals surface area contributed by atoms with Gasteiger partial charge < -0.3 is 5.11 Å². The fourth-order valence-corrected chi connectivity index (χ4v) is 2.82. The van der Waals surface area contributed by atoms with Crippen LogP contribution in [0.3, 0.4) is 0 Å². The third-order valence-corrected chi connectivity index (χ3v) is 3.52. The molecule has 0 amide bonds. The van der Waals surface area contributed by atoms with Gasteiger partial charge in [-0.2, -0.15) is 11.8 Å². The summed E-state index contributed by atoms with van der Waals surface area (Å²) in [5.41, 5.74) is 0.875. The van der Waals surface area contributed by atoms with E-state index in [0.717, 1.165) is 12.0 Å². The highest BCUT2D eigenvalue weighted by Gasteiger charge is 2.15. The molecule has 1 N–H and O–H groups in total. The molecule has 1 aliphatic rings. The normalized spacial score (nSPS) is 22.6. The molecular weight excluding hydrogens is 184 g/mol. The highest BCUT2D eigenvalue weighted by Crippen LogP contribution is 2.27. The van der Waals surface area contributed by atoms with Crippen LogP contribution in [0.1, 0.15) is 25.7 Å². The van der Waals surface area contributed by atoms with Crippen LogP contribution >= 0.6 is 11.8 Å². The average molecular weight is 200 g/mol. The topological polar surface area (TPSA) is 37.3 Å². The van der Waals surface area contributed by atoms with Crippen LogP contribution in [0.15, 0.2) is 12.2 Å². The number of carbonyl (C=O) groups is 1. The van der Waals surface area contributed by atoms with Crippen molar-refractivity contribution in [2.24, 2.45) is 5.92 Å². The van der Waals surface area contributed by atoms with Gasteiger partial charge in [-0.25, -0.2) is 0 Å². The van der Waals surface area contributed by atoms with Gasteiger partial charge in [0.1, 0.15) is 0 Å². The monoisotopic (exact) mass is 200 g/mol. The fourth-order valence-electron chi connectivity index (χ4n) is 1.66. The smallest absolute Gasteiger partial charge is 0.307 e. The Kier molecular flexibility index (Phi) is 4.36. The zero-order valence-corrected chi connectivity index (χ0v) is 8.61. The van der Waals surface area contributed by atoms with E-state index >= 15 is 0 Å². The lowest BCUT2D eigenvalue weighted by atomic mass is 9.96. The van der Waals surface area contributed by atoms with Crippen molar-refractivity contribution in [3.8, 4) is 0 Å². The SMILES string of the molecule is C=C(CC(=O)O)CC1CCCSC1. The van der Waals surface area contributed by atoms with Crippen LogP contribution in [0, 0.1) is 5.92 Å². The Labute approximate surface area is 83.4 Å². The molecule has 2 nitrogen and oxygen atoms in total. The van der Waals surface area contributed by atoms with Crippen molar-refractivity contribution < 1.29 is 9.90 Å². The second-order valence-corrected chi connectivity index (χ2v) is 4.76. The molecule has 1 rings (SSSR count). The molecule has 0 aromatic rings. The lowest BCUT2D eigenvalue weighted by Gasteiger charge is -2.21.